The minimum atomic E-state index is 0.957. The fourth-order valence-corrected chi connectivity index (χ4v) is 3.30. The Morgan fingerprint density at radius 3 is 2.50 bits per heavy atom. The van der Waals surface area contributed by atoms with Gasteiger partial charge in [-0.25, -0.2) is 0 Å². The zero-order chi connectivity index (χ0) is 12.6. The third-order valence-corrected chi connectivity index (χ3v) is 4.42. The van der Waals surface area contributed by atoms with E-state index in [1.165, 1.54) is 55.1 Å². The second-order valence-corrected chi connectivity index (χ2v) is 6.09. The highest BCUT2D eigenvalue weighted by Crippen LogP contribution is 2.19. The Bertz CT molecular complexity index is 331. The molecule has 0 bridgehead atoms. The van der Waals surface area contributed by atoms with Crippen LogP contribution in [-0.2, 0) is 6.54 Å². The summed E-state index contributed by atoms with van der Waals surface area (Å²) in [6.45, 7) is 4.81. The summed E-state index contributed by atoms with van der Waals surface area (Å²) in [5, 5.41) is 3.18. The van der Waals surface area contributed by atoms with E-state index in [0.29, 0.717) is 0 Å². The van der Waals surface area contributed by atoms with Crippen molar-refractivity contribution in [3.8, 4) is 0 Å². The maximum Gasteiger partial charge on any atom is 0.0202 e. The molecule has 0 aromatic heterocycles. The Morgan fingerprint density at radius 2 is 1.83 bits per heavy atom. The van der Waals surface area contributed by atoms with E-state index in [0.717, 1.165) is 6.54 Å². The molecule has 0 aliphatic carbocycles. The van der Waals surface area contributed by atoms with E-state index in [9.17, 15) is 0 Å². The number of benzene rings is 1. The van der Waals surface area contributed by atoms with Gasteiger partial charge < -0.3 is 10.2 Å². The van der Waals surface area contributed by atoms with Crippen LogP contribution in [0.15, 0.2) is 29.2 Å². The molecule has 1 aromatic carbocycles. The lowest BCUT2D eigenvalue weighted by Crippen LogP contribution is -2.31. The first kappa shape index (κ1) is 13.9. The topological polar surface area (TPSA) is 15.3 Å². The smallest absolute Gasteiger partial charge is 0.0202 e. The van der Waals surface area contributed by atoms with Crippen LogP contribution in [0.2, 0.25) is 0 Å². The minimum absolute atomic E-state index is 0.957. The fraction of sp³-hybridized carbons (Fsp3) is 0.600. The van der Waals surface area contributed by atoms with Crippen LogP contribution in [-0.4, -0.2) is 37.3 Å². The Labute approximate surface area is 115 Å². The first-order valence-corrected chi connectivity index (χ1v) is 7.96. The molecule has 0 saturated carbocycles. The van der Waals surface area contributed by atoms with Gasteiger partial charge in [-0.15, -0.1) is 11.8 Å². The van der Waals surface area contributed by atoms with Crippen LogP contribution in [0.5, 0.6) is 0 Å². The molecule has 3 heteroatoms. The summed E-state index contributed by atoms with van der Waals surface area (Å²) in [6, 6.07) is 8.93. The molecule has 1 heterocycles. The van der Waals surface area contributed by atoms with Crippen molar-refractivity contribution in [3.63, 3.8) is 0 Å². The Balaban J connectivity index is 1.69. The summed E-state index contributed by atoms with van der Waals surface area (Å²) in [6.07, 6.45) is 4.21. The number of likely N-dealkylation sites (tertiary alicyclic amines) is 1. The van der Waals surface area contributed by atoms with Gasteiger partial charge in [0.25, 0.3) is 0 Å². The third-order valence-electron chi connectivity index (χ3n) is 3.43. The molecule has 1 N–H and O–H groups in total. The molecule has 100 valence electrons. The molecule has 1 fully saturated rings. The van der Waals surface area contributed by atoms with Crippen LogP contribution in [0, 0.1) is 0 Å². The number of hydrogen-bond acceptors (Lipinski definition) is 3. The van der Waals surface area contributed by atoms with Gasteiger partial charge in [0, 0.05) is 23.7 Å². The average molecular weight is 264 g/mol. The standard InChI is InChI=1S/C15H24N2S/c1-16-13-14-5-7-15(8-6-14)18-12-11-17-9-3-2-4-10-17/h5-8,16H,2-4,9-13H2,1H3. The van der Waals surface area contributed by atoms with Gasteiger partial charge in [-0.05, 0) is 50.7 Å². The third kappa shape index (κ3) is 4.63. The van der Waals surface area contributed by atoms with Crippen LogP contribution < -0.4 is 5.32 Å². The molecule has 0 amide bonds. The molecule has 1 aliphatic heterocycles. The molecular weight excluding hydrogens is 240 g/mol. The number of rotatable bonds is 6. The second kappa shape index (κ2) is 7.82. The number of piperidine rings is 1. The fourth-order valence-electron chi connectivity index (χ4n) is 2.38. The molecule has 2 rings (SSSR count). The number of hydrogen-bond donors (Lipinski definition) is 1. The highest BCUT2D eigenvalue weighted by atomic mass is 32.2. The highest BCUT2D eigenvalue weighted by Gasteiger charge is 2.09. The zero-order valence-corrected chi connectivity index (χ0v) is 12.1. The van der Waals surface area contributed by atoms with Crippen molar-refractivity contribution in [3.05, 3.63) is 29.8 Å². The molecule has 0 radical (unpaired) electrons. The van der Waals surface area contributed by atoms with Crippen molar-refractivity contribution in [1.29, 1.82) is 0 Å². The number of nitrogens with zero attached hydrogens (tertiary/aromatic N) is 1. The van der Waals surface area contributed by atoms with Crippen LogP contribution in [0.3, 0.4) is 0 Å². The van der Waals surface area contributed by atoms with Gasteiger partial charge in [0.2, 0.25) is 0 Å². The lowest BCUT2D eigenvalue weighted by Gasteiger charge is -2.26. The van der Waals surface area contributed by atoms with E-state index in [-0.39, 0.29) is 0 Å². The maximum atomic E-state index is 3.18. The van der Waals surface area contributed by atoms with Gasteiger partial charge in [-0.1, -0.05) is 18.6 Å². The van der Waals surface area contributed by atoms with Crippen LogP contribution in [0.25, 0.3) is 0 Å². The van der Waals surface area contributed by atoms with E-state index < -0.39 is 0 Å². The van der Waals surface area contributed by atoms with Crippen molar-refractivity contribution in [2.75, 3.05) is 32.4 Å². The van der Waals surface area contributed by atoms with E-state index in [1.54, 1.807) is 0 Å². The van der Waals surface area contributed by atoms with E-state index >= 15 is 0 Å². The first-order chi connectivity index (χ1) is 8.88. The highest BCUT2D eigenvalue weighted by molar-refractivity contribution is 7.99. The van der Waals surface area contributed by atoms with E-state index in [2.05, 4.69) is 34.5 Å². The van der Waals surface area contributed by atoms with Crippen molar-refractivity contribution in [2.45, 2.75) is 30.7 Å². The molecule has 0 unspecified atom stereocenters. The van der Waals surface area contributed by atoms with Crippen molar-refractivity contribution >= 4 is 11.8 Å². The Hall–Kier alpha value is -0.510. The van der Waals surface area contributed by atoms with Crippen molar-refractivity contribution in [1.82, 2.24) is 10.2 Å². The number of nitrogens with one attached hydrogen (secondary N) is 1. The quantitative estimate of drug-likeness (QED) is 0.795. The van der Waals surface area contributed by atoms with Gasteiger partial charge in [0.1, 0.15) is 0 Å². The first-order valence-electron chi connectivity index (χ1n) is 6.97. The molecule has 18 heavy (non-hydrogen) atoms. The Morgan fingerprint density at radius 1 is 1.11 bits per heavy atom. The normalized spacial score (nSPS) is 16.9. The van der Waals surface area contributed by atoms with Gasteiger partial charge in [-0.3, -0.25) is 0 Å². The molecular formula is C15H24N2S. The van der Waals surface area contributed by atoms with Gasteiger partial charge in [0.15, 0.2) is 0 Å². The second-order valence-electron chi connectivity index (χ2n) is 4.93. The zero-order valence-electron chi connectivity index (χ0n) is 11.3. The number of thioether (sulfide) groups is 1. The van der Waals surface area contributed by atoms with Crippen molar-refractivity contribution < 1.29 is 0 Å². The summed E-state index contributed by atoms with van der Waals surface area (Å²) in [5.74, 6) is 1.21. The summed E-state index contributed by atoms with van der Waals surface area (Å²) in [5.41, 5.74) is 1.36. The summed E-state index contributed by atoms with van der Waals surface area (Å²) in [4.78, 5) is 4.00. The summed E-state index contributed by atoms with van der Waals surface area (Å²) in [7, 11) is 1.99. The minimum Gasteiger partial charge on any atom is -0.316 e. The van der Waals surface area contributed by atoms with E-state index in [4.69, 9.17) is 0 Å². The molecule has 0 atom stereocenters. The van der Waals surface area contributed by atoms with E-state index in [1.807, 2.05) is 18.8 Å². The predicted molar refractivity (Wildman–Crippen MR) is 80.2 cm³/mol. The largest absolute Gasteiger partial charge is 0.316 e. The Kier molecular flexibility index (Phi) is 6.05. The monoisotopic (exact) mass is 264 g/mol. The molecule has 1 aromatic rings. The van der Waals surface area contributed by atoms with Gasteiger partial charge in [0.05, 0.1) is 0 Å². The SMILES string of the molecule is CNCc1ccc(SCCN2CCCCC2)cc1. The van der Waals surface area contributed by atoms with Gasteiger partial charge >= 0.3 is 0 Å². The van der Waals surface area contributed by atoms with Gasteiger partial charge in [-0.2, -0.15) is 0 Å². The molecule has 2 nitrogen and oxygen atoms in total. The average Bonchev–Trinajstić information content (AvgIpc) is 2.42. The maximum absolute atomic E-state index is 3.18. The molecule has 1 aliphatic rings. The van der Waals surface area contributed by atoms with Crippen LogP contribution >= 0.6 is 11.8 Å². The van der Waals surface area contributed by atoms with Crippen molar-refractivity contribution in [2.24, 2.45) is 0 Å². The lowest BCUT2D eigenvalue weighted by atomic mass is 10.1. The summed E-state index contributed by atoms with van der Waals surface area (Å²) < 4.78 is 0. The predicted octanol–water partition coefficient (Wildman–Crippen LogP) is 2.98. The summed E-state index contributed by atoms with van der Waals surface area (Å²) >= 11 is 1.98. The molecule has 0 spiro atoms. The molecule has 1 saturated heterocycles. The van der Waals surface area contributed by atoms with Crippen LogP contribution in [0.4, 0.5) is 0 Å². The lowest BCUT2D eigenvalue weighted by molar-refractivity contribution is 0.242. The van der Waals surface area contributed by atoms with Crippen LogP contribution in [0.1, 0.15) is 24.8 Å².